The third kappa shape index (κ3) is 1.72. The molecular formula is C9H16N2. The Labute approximate surface area is 68.4 Å². The van der Waals surface area contributed by atoms with Crippen molar-refractivity contribution in [3.8, 4) is 6.07 Å². The molecule has 1 fully saturated rings. The predicted molar refractivity (Wildman–Crippen MR) is 44.8 cm³/mol. The minimum absolute atomic E-state index is 0.104. The fraction of sp³-hybridized carbons (Fsp3) is 0.889. The molecule has 0 aromatic heterocycles. The summed E-state index contributed by atoms with van der Waals surface area (Å²) in [6.07, 6.45) is 6.05. The van der Waals surface area contributed by atoms with Crippen LogP contribution >= 0.6 is 0 Å². The molecule has 1 aliphatic carbocycles. The zero-order valence-electron chi connectivity index (χ0n) is 7.14. The smallest absolute Gasteiger partial charge is 0.0982 e. The van der Waals surface area contributed by atoms with Crippen LogP contribution in [0.5, 0.6) is 0 Å². The van der Waals surface area contributed by atoms with Crippen LogP contribution < -0.4 is 5.73 Å². The predicted octanol–water partition coefficient (Wildman–Crippen LogP) is 1.81. The summed E-state index contributed by atoms with van der Waals surface area (Å²) in [6, 6.07) is 1.89. The Morgan fingerprint density at radius 1 is 1.36 bits per heavy atom. The molecular weight excluding hydrogens is 136 g/mol. The number of nitrogens with two attached hydrogens (primary N) is 1. The zero-order chi connectivity index (χ0) is 8.32. The Morgan fingerprint density at radius 2 is 1.91 bits per heavy atom. The van der Waals surface area contributed by atoms with Gasteiger partial charge in [0.05, 0.1) is 12.1 Å². The molecule has 0 radical (unpaired) electrons. The molecule has 0 bridgehead atoms. The van der Waals surface area contributed by atoms with E-state index in [1.165, 1.54) is 19.3 Å². The number of hydrogen-bond acceptors (Lipinski definition) is 2. The average molecular weight is 152 g/mol. The van der Waals surface area contributed by atoms with E-state index in [0.29, 0.717) is 0 Å². The molecule has 1 unspecified atom stereocenters. The van der Waals surface area contributed by atoms with Crippen LogP contribution in [0.15, 0.2) is 0 Å². The van der Waals surface area contributed by atoms with E-state index in [1.807, 2.05) is 0 Å². The summed E-state index contributed by atoms with van der Waals surface area (Å²) in [5.41, 5.74) is 5.82. The van der Waals surface area contributed by atoms with Crippen LogP contribution in [0.2, 0.25) is 0 Å². The van der Waals surface area contributed by atoms with Crippen LogP contribution in [0.3, 0.4) is 0 Å². The monoisotopic (exact) mass is 152 g/mol. The summed E-state index contributed by atoms with van der Waals surface area (Å²) in [4.78, 5) is 0. The number of nitrogens with zero attached hydrogens (tertiary/aromatic N) is 1. The molecule has 2 nitrogen and oxygen atoms in total. The quantitative estimate of drug-likeness (QED) is 0.623. The Balaban J connectivity index is 2.57. The lowest BCUT2D eigenvalue weighted by Gasteiger charge is -2.35. The molecule has 0 heterocycles. The Hall–Kier alpha value is -0.550. The van der Waals surface area contributed by atoms with Gasteiger partial charge in [0.2, 0.25) is 0 Å². The van der Waals surface area contributed by atoms with Crippen molar-refractivity contribution in [3.05, 3.63) is 0 Å². The van der Waals surface area contributed by atoms with E-state index in [0.717, 1.165) is 12.8 Å². The van der Waals surface area contributed by atoms with Gasteiger partial charge >= 0.3 is 0 Å². The summed E-state index contributed by atoms with van der Waals surface area (Å²) in [5.74, 6) is 0. The van der Waals surface area contributed by atoms with Gasteiger partial charge in [-0.3, -0.25) is 0 Å². The SMILES string of the molecule is CC1(C(N)C#N)CCCCC1. The highest BCUT2D eigenvalue weighted by molar-refractivity contribution is 5.00. The van der Waals surface area contributed by atoms with Gasteiger partial charge in [-0.1, -0.05) is 26.2 Å². The number of nitriles is 1. The van der Waals surface area contributed by atoms with Crippen molar-refractivity contribution in [2.75, 3.05) is 0 Å². The maximum absolute atomic E-state index is 8.68. The first-order valence-electron chi connectivity index (χ1n) is 4.34. The summed E-state index contributed by atoms with van der Waals surface area (Å²) in [6.45, 7) is 2.14. The fourth-order valence-corrected chi connectivity index (χ4v) is 1.83. The minimum Gasteiger partial charge on any atom is -0.315 e. The molecule has 1 rings (SSSR count). The highest BCUT2D eigenvalue weighted by Crippen LogP contribution is 2.37. The van der Waals surface area contributed by atoms with E-state index in [1.54, 1.807) is 0 Å². The standard InChI is InChI=1S/C9H16N2/c1-9(8(11)7-10)5-3-2-4-6-9/h8H,2-6,11H2,1H3. The molecule has 1 saturated carbocycles. The normalized spacial score (nSPS) is 25.5. The molecule has 0 spiro atoms. The lowest BCUT2D eigenvalue weighted by atomic mass is 9.71. The van der Waals surface area contributed by atoms with Gasteiger partial charge in [0.1, 0.15) is 0 Å². The van der Waals surface area contributed by atoms with Crippen LogP contribution in [0.1, 0.15) is 39.0 Å². The van der Waals surface area contributed by atoms with Crippen molar-refractivity contribution < 1.29 is 0 Å². The first-order valence-corrected chi connectivity index (χ1v) is 4.34. The third-order valence-electron chi connectivity index (χ3n) is 2.89. The molecule has 1 atom stereocenters. The van der Waals surface area contributed by atoms with E-state index in [4.69, 9.17) is 11.0 Å². The Kier molecular flexibility index (Phi) is 2.51. The van der Waals surface area contributed by atoms with E-state index in [9.17, 15) is 0 Å². The highest BCUT2D eigenvalue weighted by Gasteiger charge is 2.32. The lowest BCUT2D eigenvalue weighted by molar-refractivity contribution is 0.196. The molecule has 0 aromatic rings. The van der Waals surface area contributed by atoms with Crippen LogP contribution in [0.25, 0.3) is 0 Å². The lowest BCUT2D eigenvalue weighted by Crippen LogP contribution is -2.39. The van der Waals surface area contributed by atoms with Crippen molar-refractivity contribution in [3.63, 3.8) is 0 Å². The second-order valence-corrected chi connectivity index (χ2v) is 3.82. The van der Waals surface area contributed by atoms with Gasteiger partial charge in [-0.2, -0.15) is 5.26 Å². The van der Waals surface area contributed by atoms with Crippen LogP contribution in [-0.4, -0.2) is 6.04 Å². The maximum Gasteiger partial charge on any atom is 0.0982 e. The maximum atomic E-state index is 8.68. The molecule has 0 saturated heterocycles. The topological polar surface area (TPSA) is 49.8 Å². The highest BCUT2D eigenvalue weighted by atomic mass is 14.7. The van der Waals surface area contributed by atoms with Gasteiger partial charge in [0.25, 0.3) is 0 Å². The molecule has 1 aliphatic rings. The van der Waals surface area contributed by atoms with Crippen LogP contribution in [0.4, 0.5) is 0 Å². The first-order chi connectivity index (χ1) is 5.19. The Morgan fingerprint density at radius 3 is 2.36 bits per heavy atom. The van der Waals surface area contributed by atoms with E-state index in [2.05, 4.69) is 13.0 Å². The summed E-state index contributed by atoms with van der Waals surface area (Å²) in [5, 5.41) is 8.68. The number of rotatable bonds is 1. The molecule has 2 N–H and O–H groups in total. The van der Waals surface area contributed by atoms with E-state index < -0.39 is 0 Å². The van der Waals surface area contributed by atoms with Gasteiger partial charge in [-0.25, -0.2) is 0 Å². The average Bonchev–Trinajstić information content (AvgIpc) is 2.04. The fourth-order valence-electron chi connectivity index (χ4n) is 1.83. The minimum atomic E-state index is -0.261. The summed E-state index contributed by atoms with van der Waals surface area (Å²) in [7, 11) is 0. The zero-order valence-corrected chi connectivity index (χ0v) is 7.14. The summed E-state index contributed by atoms with van der Waals surface area (Å²) >= 11 is 0. The van der Waals surface area contributed by atoms with Gasteiger partial charge in [0.15, 0.2) is 0 Å². The van der Waals surface area contributed by atoms with Crippen molar-refractivity contribution in [1.29, 1.82) is 5.26 Å². The molecule has 0 amide bonds. The third-order valence-corrected chi connectivity index (χ3v) is 2.89. The van der Waals surface area contributed by atoms with E-state index >= 15 is 0 Å². The van der Waals surface area contributed by atoms with Gasteiger partial charge in [0, 0.05) is 0 Å². The molecule has 2 heteroatoms. The molecule has 62 valence electrons. The first kappa shape index (κ1) is 8.55. The molecule has 0 aromatic carbocycles. The van der Waals surface area contributed by atoms with Crippen molar-refractivity contribution in [2.24, 2.45) is 11.1 Å². The van der Waals surface area contributed by atoms with E-state index in [-0.39, 0.29) is 11.5 Å². The van der Waals surface area contributed by atoms with Gasteiger partial charge < -0.3 is 5.73 Å². The van der Waals surface area contributed by atoms with Crippen molar-refractivity contribution in [1.82, 2.24) is 0 Å². The second kappa shape index (κ2) is 3.23. The van der Waals surface area contributed by atoms with Gasteiger partial charge in [-0.05, 0) is 18.3 Å². The Bertz CT molecular complexity index is 163. The van der Waals surface area contributed by atoms with Gasteiger partial charge in [-0.15, -0.1) is 0 Å². The van der Waals surface area contributed by atoms with Crippen molar-refractivity contribution in [2.45, 2.75) is 45.1 Å². The van der Waals surface area contributed by atoms with Crippen LogP contribution in [0, 0.1) is 16.7 Å². The van der Waals surface area contributed by atoms with Crippen LogP contribution in [-0.2, 0) is 0 Å². The largest absolute Gasteiger partial charge is 0.315 e. The second-order valence-electron chi connectivity index (χ2n) is 3.82. The molecule has 11 heavy (non-hydrogen) atoms. The summed E-state index contributed by atoms with van der Waals surface area (Å²) < 4.78 is 0. The number of hydrogen-bond donors (Lipinski definition) is 1. The molecule has 0 aliphatic heterocycles. The van der Waals surface area contributed by atoms with Crippen molar-refractivity contribution >= 4 is 0 Å².